The minimum absolute atomic E-state index is 0.137. The number of hydrogen-bond donors (Lipinski definition) is 1. The molecule has 0 unspecified atom stereocenters. The summed E-state index contributed by atoms with van der Waals surface area (Å²) in [6.07, 6.45) is 1.82. The maximum absolute atomic E-state index is 9.61. The average molecular weight is 295 g/mol. The van der Waals surface area contributed by atoms with E-state index in [1.54, 1.807) is 0 Å². The molecule has 3 nitrogen and oxygen atoms in total. The Hall–Kier alpha value is -0.805. The van der Waals surface area contributed by atoms with Crippen LogP contribution in [0.3, 0.4) is 0 Å². The summed E-state index contributed by atoms with van der Waals surface area (Å²) in [5.74, 6) is 0. The van der Waals surface area contributed by atoms with Gasteiger partial charge >= 0.3 is 7.12 Å². The molecule has 5 heteroatoms. The Kier molecular flexibility index (Phi) is 4.31. The zero-order valence-electron chi connectivity index (χ0n) is 12.3. The highest BCUT2D eigenvalue weighted by atomic mass is 35.5. The topological polar surface area (TPSA) is 38.7 Å². The van der Waals surface area contributed by atoms with Crippen LogP contribution in [0.2, 0.25) is 5.02 Å². The van der Waals surface area contributed by atoms with Gasteiger partial charge in [0.05, 0.1) is 17.8 Å². The molecule has 1 N–H and O–H groups in total. The van der Waals surface area contributed by atoms with E-state index in [2.05, 4.69) is 0 Å². The molecule has 0 aromatic heterocycles. The second-order valence-corrected chi connectivity index (χ2v) is 6.39. The van der Waals surface area contributed by atoms with Crippen LogP contribution in [-0.4, -0.2) is 30.0 Å². The lowest BCUT2D eigenvalue weighted by molar-refractivity contribution is 0.00578. The van der Waals surface area contributed by atoms with Crippen molar-refractivity contribution in [2.24, 2.45) is 0 Å². The number of halogens is 1. The molecule has 0 radical (unpaired) electrons. The van der Waals surface area contributed by atoms with Crippen molar-refractivity contribution in [2.75, 3.05) is 6.61 Å². The van der Waals surface area contributed by atoms with E-state index in [-0.39, 0.29) is 6.61 Å². The van der Waals surface area contributed by atoms with Crippen molar-refractivity contribution >= 4 is 24.8 Å². The first kappa shape index (κ1) is 15.6. The van der Waals surface area contributed by atoms with E-state index in [1.807, 2.05) is 58.0 Å². The molecule has 1 aliphatic heterocycles. The van der Waals surface area contributed by atoms with Crippen LogP contribution < -0.4 is 0 Å². The van der Waals surface area contributed by atoms with Crippen molar-refractivity contribution in [3.63, 3.8) is 0 Å². The summed E-state index contributed by atoms with van der Waals surface area (Å²) >= 11 is 6.14. The standard InChI is InChI=1S/C15H20BClO3/c1-14(2)15(3,4)20-16(19-14)12(10-18)9-11-7-5-6-8-13(11)17/h5-9,18H,10H2,1-4H3. The Bertz CT molecular complexity index is 510. The first-order valence-corrected chi connectivity index (χ1v) is 7.06. The third-order valence-corrected chi connectivity index (χ3v) is 4.33. The largest absolute Gasteiger partial charge is 0.492 e. The van der Waals surface area contributed by atoms with Crippen molar-refractivity contribution in [1.82, 2.24) is 0 Å². The van der Waals surface area contributed by atoms with Crippen LogP contribution in [0.1, 0.15) is 33.3 Å². The number of benzene rings is 1. The van der Waals surface area contributed by atoms with Crippen molar-refractivity contribution in [1.29, 1.82) is 0 Å². The molecule has 1 fully saturated rings. The highest BCUT2D eigenvalue weighted by molar-refractivity contribution is 6.56. The van der Waals surface area contributed by atoms with Crippen LogP contribution in [0.25, 0.3) is 6.08 Å². The van der Waals surface area contributed by atoms with Crippen molar-refractivity contribution in [2.45, 2.75) is 38.9 Å². The molecule has 1 heterocycles. The van der Waals surface area contributed by atoms with Gasteiger partial charge in [-0.3, -0.25) is 0 Å². The molecule has 0 aliphatic carbocycles. The molecular weight excluding hydrogens is 274 g/mol. The molecule has 1 aromatic rings. The molecular formula is C15H20BClO3. The van der Waals surface area contributed by atoms with E-state index < -0.39 is 18.3 Å². The molecule has 2 rings (SSSR count). The van der Waals surface area contributed by atoms with E-state index in [1.165, 1.54) is 0 Å². The molecule has 20 heavy (non-hydrogen) atoms. The van der Waals surface area contributed by atoms with E-state index in [0.717, 1.165) is 5.56 Å². The molecule has 1 saturated heterocycles. The summed E-state index contributed by atoms with van der Waals surface area (Å²) in [6.45, 7) is 7.80. The molecule has 108 valence electrons. The highest BCUT2D eigenvalue weighted by Crippen LogP contribution is 2.38. The Labute approximate surface area is 125 Å². The fraction of sp³-hybridized carbons (Fsp3) is 0.467. The molecule has 1 aliphatic rings. The molecule has 0 amide bonds. The van der Waals surface area contributed by atoms with Crippen LogP contribution >= 0.6 is 11.6 Å². The SMILES string of the molecule is CC1(C)OB(C(=Cc2ccccc2Cl)CO)OC1(C)C. The van der Waals surface area contributed by atoms with Crippen molar-refractivity contribution in [3.05, 3.63) is 40.3 Å². The maximum Gasteiger partial charge on any atom is 0.492 e. The number of hydrogen-bond acceptors (Lipinski definition) is 3. The van der Waals surface area contributed by atoms with Gasteiger partial charge in [0.15, 0.2) is 0 Å². The Morgan fingerprint density at radius 3 is 2.25 bits per heavy atom. The highest BCUT2D eigenvalue weighted by Gasteiger charge is 2.52. The predicted octanol–water partition coefficient (Wildman–Crippen LogP) is 3.35. The van der Waals surface area contributed by atoms with Crippen LogP contribution in [0.15, 0.2) is 29.7 Å². The van der Waals surface area contributed by atoms with E-state index in [9.17, 15) is 5.11 Å². The maximum atomic E-state index is 9.61. The minimum atomic E-state index is -0.554. The summed E-state index contributed by atoms with van der Waals surface area (Å²) in [4.78, 5) is 0. The number of aliphatic hydroxyl groups excluding tert-OH is 1. The summed E-state index contributed by atoms with van der Waals surface area (Å²) in [5.41, 5.74) is 0.656. The molecule has 1 aromatic carbocycles. The van der Waals surface area contributed by atoms with Gasteiger partial charge in [0, 0.05) is 5.02 Å². The summed E-state index contributed by atoms with van der Waals surface area (Å²) in [5, 5.41) is 10.2. The lowest BCUT2D eigenvalue weighted by atomic mass is 9.77. The van der Waals surface area contributed by atoms with Crippen LogP contribution in [-0.2, 0) is 9.31 Å². The van der Waals surface area contributed by atoms with E-state index >= 15 is 0 Å². The van der Waals surface area contributed by atoms with Crippen molar-refractivity contribution in [3.8, 4) is 0 Å². The Morgan fingerprint density at radius 2 is 1.75 bits per heavy atom. The van der Waals surface area contributed by atoms with E-state index in [4.69, 9.17) is 20.9 Å². The number of rotatable bonds is 3. The molecule has 0 bridgehead atoms. The fourth-order valence-corrected chi connectivity index (χ4v) is 2.16. The summed E-state index contributed by atoms with van der Waals surface area (Å²) in [7, 11) is -0.554. The Balaban J connectivity index is 2.29. The third kappa shape index (κ3) is 2.94. The van der Waals surface area contributed by atoms with E-state index in [0.29, 0.717) is 10.5 Å². The van der Waals surface area contributed by atoms with Crippen LogP contribution in [0, 0.1) is 0 Å². The second-order valence-electron chi connectivity index (χ2n) is 5.99. The molecule has 0 spiro atoms. The molecule has 0 atom stereocenters. The number of aliphatic hydroxyl groups is 1. The van der Waals surface area contributed by atoms with Gasteiger partial charge in [-0.25, -0.2) is 0 Å². The quantitative estimate of drug-likeness (QED) is 0.869. The average Bonchev–Trinajstić information content (AvgIpc) is 2.57. The van der Waals surface area contributed by atoms with Crippen LogP contribution in [0.5, 0.6) is 0 Å². The normalized spacial score (nSPS) is 21.3. The fourth-order valence-electron chi connectivity index (χ4n) is 1.97. The minimum Gasteiger partial charge on any atom is -0.400 e. The van der Waals surface area contributed by atoms with Gasteiger partial charge in [-0.15, -0.1) is 0 Å². The van der Waals surface area contributed by atoms with Gasteiger partial charge in [0.2, 0.25) is 0 Å². The van der Waals surface area contributed by atoms with Gasteiger partial charge in [0.25, 0.3) is 0 Å². The zero-order valence-corrected chi connectivity index (χ0v) is 13.1. The first-order chi connectivity index (χ1) is 9.27. The zero-order chi connectivity index (χ0) is 15.0. The first-order valence-electron chi connectivity index (χ1n) is 6.68. The summed E-state index contributed by atoms with van der Waals surface area (Å²) < 4.78 is 11.9. The monoisotopic (exact) mass is 294 g/mol. The lowest BCUT2D eigenvalue weighted by Crippen LogP contribution is -2.41. The smallest absolute Gasteiger partial charge is 0.400 e. The van der Waals surface area contributed by atoms with Crippen LogP contribution in [0.4, 0.5) is 0 Å². The van der Waals surface area contributed by atoms with Gasteiger partial charge < -0.3 is 14.4 Å². The second kappa shape index (κ2) is 5.53. The summed E-state index contributed by atoms with van der Waals surface area (Å²) in [6, 6.07) is 7.47. The molecule has 0 saturated carbocycles. The van der Waals surface area contributed by atoms with Gasteiger partial charge in [-0.2, -0.15) is 0 Å². The van der Waals surface area contributed by atoms with Gasteiger partial charge in [0.1, 0.15) is 0 Å². The van der Waals surface area contributed by atoms with Crippen molar-refractivity contribution < 1.29 is 14.4 Å². The van der Waals surface area contributed by atoms with Gasteiger partial charge in [-0.05, 0) is 44.8 Å². The predicted molar refractivity (Wildman–Crippen MR) is 82.6 cm³/mol. The third-order valence-electron chi connectivity index (χ3n) is 3.98. The van der Waals surface area contributed by atoms with Gasteiger partial charge in [-0.1, -0.05) is 35.9 Å². The Morgan fingerprint density at radius 1 is 1.20 bits per heavy atom. The lowest BCUT2D eigenvalue weighted by Gasteiger charge is -2.32.